The Hall–Kier alpha value is -4.21. The van der Waals surface area contributed by atoms with Gasteiger partial charge in [-0.25, -0.2) is 9.36 Å². The minimum absolute atomic E-state index is 0.114. The molecule has 2 aliphatic heterocycles. The summed E-state index contributed by atoms with van der Waals surface area (Å²) in [5, 5.41) is 9.58. The molecule has 0 spiro atoms. The number of benzene rings is 2. The van der Waals surface area contributed by atoms with Gasteiger partial charge in [-0.15, -0.1) is 0 Å². The fourth-order valence-electron chi connectivity index (χ4n) is 5.62. The topological polar surface area (TPSA) is 133 Å². The Labute approximate surface area is 218 Å². The molecule has 0 saturated carbocycles. The van der Waals surface area contributed by atoms with Gasteiger partial charge in [-0.3, -0.25) is 19.2 Å². The molecule has 2 atom stereocenters. The number of aromatic amines is 1. The van der Waals surface area contributed by atoms with E-state index in [2.05, 4.69) is 4.98 Å². The van der Waals surface area contributed by atoms with Gasteiger partial charge in [-0.05, 0) is 43.4 Å². The van der Waals surface area contributed by atoms with Gasteiger partial charge in [-0.2, -0.15) is 0 Å². The van der Waals surface area contributed by atoms with Crippen LogP contribution >= 0.6 is 0 Å². The number of nitrogens with one attached hydrogen (secondary N) is 1. The highest BCUT2D eigenvalue weighted by molar-refractivity contribution is 5.90. The molecule has 10 nitrogen and oxygen atoms in total. The average molecular weight is 519 g/mol. The molecule has 2 aliphatic rings. The van der Waals surface area contributed by atoms with E-state index in [-0.39, 0.29) is 12.3 Å². The number of rotatable bonds is 6. The van der Waals surface area contributed by atoms with Gasteiger partial charge >= 0.3 is 11.7 Å². The van der Waals surface area contributed by atoms with Crippen LogP contribution in [0.1, 0.15) is 37.3 Å². The van der Waals surface area contributed by atoms with Crippen LogP contribution in [0.3, 0.4) is 0 Å². The smallest absolute Gasteiger partial charge is 0.329 e. The molecule has 198 valence electrons. The number of hydrogen-bond acceptors (Lipinski definition) is 5. The summed E-state index contributed by atoms with van der Waals surface area (Å²) in [5.41, 5.74) is -0.0657. The number of hydrogen-bond donors (Lipinski definition) is 2. The molecule has 0 aliphatic carbocycles. The summed E-state index contributed by atoms with van der Waals surface area (Å²) in [7, 11) is 0. The number of aromatic nitrogens is 2. The number of likely N-dealkylation sites (tertiary alicyclic amines) is 2. The molecule has 3 heterocycles. The highest BCUT2D eigenvalue weighted by Gasteiger charge is 2.41. The lowest BCUT2D eigenvalue weighted by atomic mass is 9.96. The van der Waals surface area contributed by atoms with Crippen molar-refractivity contribution >= 4 is 28.7 Å². The van der Waals surface area contributed by atoms with E-state index < -0.39 is 41.1 Å². The highest BCUT2D eigenvalue weighted by Crippen LogP contribution is 2.27. The van der Waals surface area contributed by atoms with E-state index in [1.807, 2.05) is 30.3 Å². The first-order valence-electron chi connectivity index (χ1n) is 12.9. The molecule has 0 bridgehead atoms. The second-order valence-electron chi connectivity index (χ2n) is 9.98. The van der Waals surface area contributed by atoms with Gasteiger partial charge in [0.15, 0.2) is 0 Å². The number of carboxylic acid groups (broad SMARTS) is 1. The summed E-state index contributed by atoms with van der Waals surface area (Å²) in [6, 6.07) is 14.0. The van der Waals surface area contributed by atoms with Gasteiger partial charge < -0.3 is 19.9 Å². The predicted molar refractivity (Wildman–Crippen MR) is 140 cm³/mol. The van der Waals surface area contributed by atoms with E-state index in [0.29, 0.717) is 56.2 Å². The van der Waals surface area contributed by atoms with Crippen LogP contribution < -0.4 is 11.2 Å². The van der Waals surface area contributed by atoms with Crippen molar-refractivity contribution in [2.75, 3.05) is 19.6 Å². The first-order chi connectivity index (χ1) is 18.3. The number of para-hydroxylation sites is 1. The maximum Gasteiger partial charge on any atom is 0.329 e. The van der Waals surface area contributed by atoms with Crippen molar-refractivity contribution < 1.29 is 19.5 Å². The fraction of sp³-hybridized carbons (Fsp3) is 0.393. The number of piperidine rings is 1. The molecule has 5 rings (SSSR count). The number of carboxylic acids is 1. The summed E-state index contributed by atoms with van der Waals surface area (Å²) in [6.45, 7) is 0.990. The Balaban J connectivity index is 1.48. The third-order valence-corrected chi connectivity index (χ3v) is 7.68. The third kappa shape index (κ3) is 4.85. The number of fused-ring (bicyclic) bond motifs is 1. The molecule has 10 heteroatoms. The summed E-state index contributed by atoms with van der Waals surface area (Å²) in [4.78, 5) is 71.4. The van der Waals surface area contributed by atoms with E-state index >= 15 is 0 Å². The largest absolute Gasteiger partial charge is 0.481 e. The maximum absolute atomic E-state index is 14.1. The lowest BCUT2D eigenvalue weighted by Gasteiger charge is -2.35. The van der Waals surface area contributed by atoms with Crippen molar-refractivity contribution in [3.63, 3.8) is 0 Å². The quantitative estimate of drug-likeness (QED) is 0.511. The zero-order chi connectivity index (χ0) is 26.8. The summed E-state index contributed by atoms with van der Waals surface area (Å²) < 4.78 is 0.982. The molecular weight excluding hydrogens is 488 g/mol. The van der Waals surface area contributed by atoms with Crippen molar-refractivity contribution in [1.29, 1.82) is 0 Å². The van der Waals surface area contributed by atoms with E-state index in [1.165, 1.54) is 4.90 Å². The SMILES string of the molecule is O=C(O)C1CCN(C(=O)[C@@H]2CCCN2C(=O)[C@H](Cc2ccccc2)n2c(=O)[nH]c3ccccc3c2=O)CC1. The number of carbonyl (C=O) groups excluding carboxylic acids is 2. The molecule has 38 heavy (non-hydrogen) atoms. The van der Waals surface area contributed by atoms with E-state index in [0.717, 1.165) is 10.1 Å². The fourth-order valence-corrected chi connectivity index (χ4v) is 5.62. The summed E-state index contributed by atoms with van der Waals surface area (Å²) >= 11 is 0. The van der Waals surface area contributed by atoms with E-state index in [1.54, 1.807) is 29.2 Å². The molecule has 2 aromatic carbocycles. The van der Waals surface area contributed by atoms with Gasteiger partial charge in [0.2, 0.25) is 11.8 Å². The molecule has 2 N–H and O–H groups in total. The molecule has 1 aromatic heterocycles. The number of carbonyl (C=O) groups is 3. The molecule has 0 unspecified atom stereocenters. The number of nitrogens with zero attached hydrogens (tertiary/aromatic N) is 3. The summed E-state index contributed by atoms with van der Waals surface area (Å²) in [6.07, 6.45) is 1.96. The van der Waals surface area contributed by atoms with Crippen molar-refractivity contribution in [2.24, 2.45) is 5.92 Å². The summed E-state index contributed by atoms with van der Waals surface area (Å²) in [5.74, 6) is -1.99. The van der Waals surface area contributed by atoms with Crippen molar-refractivity contribution in [3.05, 3.63) is 81.0 Å². The van der Waals surface area contributed by atoms with Crippen LogP contribution in [0.2, 0.25) is 0 Å². The van der Waals surface area contributed by atoms with Crippen molar-refractivity contribution in [3.8, 4) is 0 Å². The number of H-pyrrole nitrogens is 1. The van der Waals surface area contributed by atoms with Gasteiger partial charge in [-0.1, -0.05) is 42.5 Å². The van der Waals surface area contributed by atoms with Crippen LogP contribution in [0.5, 0.6) is 0 Å². The monoisotopic (exact) mass is 518 g/mol. The molecule has 2 amide bonds. The minimum atomic E-state index is -1.13. The predicted octanol–water partition coefficient (Wildman–Crippen LogP) is 1.79. The highest BCUT2D eigenvalue weighted by atomic mass is 16.4. The first kappa shape index (κ1) is 25.4. The second kappa shape index (κ2) is 10.6. The maximum atomic E-state index is 14.1. The normalized spacial score (nSPS) is 19.0. The van der Waals surface area contributed by atoms with Crippen LogP contribution in [0.15, 0.2) is 64.2 Å². The number of aliphatic carboxylic acids is 1. The van der Waals surface area contributed by atoms with Crippen LogP contribution in [0, 0.1) is 5.92 Å². The molecular formula is C28H30N4O6. The van der Waals surface area contributed by atoms with Crippen LogP contribution in [0.4, 0.5) is 0 Å². The van der Waals surface area contributed by atoms with Crippen molar-refractivity contribution in [2.45, 2.75) is 44.2 Å². The number of amides is 2. The van der Waals surface area contributed by atoms with Crippen LogP contribution in [0.25, 0.3) is 10.9 Å². The van der Waals surface area contributed by atoms with Gasteiger partial charge in [0, 0.05) is 26.1 Å². The van der Waals surface area contributed by atoms with Gasteiger partial charge in [0.25, 0.3) is 5.56 Å². The minimum Gasteiger partial charge on any atom is -0.481 e. The molecule has 3 aromatic rings. The van der Waals surface area contributed by atoms with Gasteiger partial charge in [0.05, 0.1) is 16.8 Å². The Bertz CT molecular complexity index is 1470. The lowest BCUT2D eigenvalue weighted by molar-refractivity contribution is -0.149. The zero-order valence-electron chi connectivity index (χ0n) is 20.9. The first-order valence-corrected chi connectivity index (χ1v) is 12.9. The molecule has 2 fully saturated rings. The van der Waals surface area contributed by atoms with Crippen LogP contribution in [-0.4, -0.2) is 67.9 Å². The Morgan fingerprint density at radius 2 is 1.61 bits per heavy atom. The lowest BCUT2D eigenvalue weighted by Crippen LogP contribution is -2.53. The second-order valence-corrected chi connectivity index (χ2v) is 9.98. The van der Waals surface area contributed by atoms with Crippen LogP contribution in [-0.2, 0) is 20.8 Å². The average Bonchev–Trinajstić information content (AvgIpc) is 3.42. The third-order valence-electron chi connectivity index (χ3n) is 7.68. The van der Waals surface area contributed by atoms with E-state index in [9.17, 15) is 29.1 Å². The molecule has 0 radical (unpaired) electrons. The zero-order valence-corrected chi connectivity index (χ0v) is 20.9. The Morgan fingerprint density at radius 3 is 2.32 bits per heavy atom. The standard InChI is InChI=1S/C28H30N4O6/c33-24-20-9-4-5-10-21(20)29-28(38)32(24)23(17-18-7-2-1-3-8-18)26(35)31-14-6-11-22(31)25(34)30-15-12-19(13-16-30)27(36)37/h1-5,7-10,19,22-23H,6,11-17H2,(H,29,38)(H,36,37)/t22-,23-/m0/s1. The Kier molecular flexibility index (Phi) is 7.13. The molecule has 2 saturated heterocycles. The van der Waals surface area contributed by atoms with Crippen molar-refractivity contribution in [1.82, 2.24) is 19.4 Å². The van der Waals surface area contributed by atoms with Gasteiger partial charge in [0.1, 0.15) is 12.1 Å². The van der Waals surface area contributed by atoms with E-state index in [4.69, 9.17) is 0 Å². The Morgan fingerprint density at radius 1 is 0.921 bits per heavy atom.